The second-order valence-electron chi connectivity index (χ2n) is 5.91. The van der Waals surface area contributed by atoms with Gasteiger partial charge in [-0.15, -0.1) is 0 Å². The van der Waals surface area contributed by atoms with Gasteiger partial charge in [0.2, 0.25) is 0 Å². The van der Waals surface area contributed by atoms with Crippen LogP contribution in [0.15, 0.2) is 18.2 Å². The Bertz CT molecular complexity index is 427. The molecule has 0 aliphatic heterocycles. The molecule has 3 heteroatoms. The predicted molar refractivity (Wildman–Crippen MR) is 79.2 cm³/mol. The molecule has 2 rings (SSSR count). The van der Waals surface area contributed by atoms with Gasteiger partial charge in [0, 0.05) is 11.1 Å². The molecule has 1 aliphatic carbocycles. The fourth-order valence-electron chi connectivity index (χ4n) is 3.25. The maximum Gasteiger partial charge on any atom is 0.124 e. The van der Waals surface area contributed by atoms with Gasteiger partial charge in [-0.1, -0.05) is 44.4 Å². The van der Waals surface area contributed by atoms with E-state index in [0.717, 1.165) is 18.5 Å². The summed E-state index contributed by atoms with van der Waals surface area (Å²) in [5.41, 5.74) is 1.38. The zero-order valence-electron chi connectivity index (χ0n) is 11.8. The Morgan fingerprint density at radius 1 is 1.37 bits per heavy atom. The van der Waals surface area contributed by atoms with E-state index in [-0.39, 0.29) is 5.82 Å². The van der Waals surface area contributed by atoms with Crippen molar-refractivity contribution in [3.8, 4) is 0 Å². The highest BCUT2D eigenvalue weighted by Gasteiger charge is 2.36. The third-order valence-electron chi connectivity index (χ3n) is 4.48. The van der Waals surface area contributed by atoms with E-state index >= 15 is 0 Å². The van der Waals surface area contributed by atoms with Gasteiger partial charge in [0.15, 0.2) is 0 Å². The summed E-state index contributed by atoms with van der Waals surface area (Å²) in [7, 11) is 0. The van der Waals surface area contributed by atoms with Crippen molar-refractivity contribution in [2.45, 2.75) is 52.0 Å². The van der Waals surface area contributed by atoms with Crippen molar-refractivity contribution in [3.05, 3.63) is 34.6 Å². The van der Waals surface area contributed by atoms with Crippen LogP contribution in [0.2, 0.25) is 5.02 Å². The average Bonchev–Trinajstić information content (AvgIpc) is 2.80. The van der Waals surface area contributed by atoms with Crippen LogP contribution in [0.1, 0.15) is 45.1 Å². The Morgan fingerprint density at radius 2 is 2.05 bits per heavy atom. The molecule has 0 spiro atoms. The van der Waals surface area contributed by atoms with Crippen molar-refractivity contribution in [1.82, 2.24) is 5.32 Å². The van der Waals surface area contributed by atoms with E-state index < -0.39 is 0 Å². The van der Waals surface area contributed by atoms with Gasteiger partial charge < -0.3 is 5.32 Å². The molecule has 1 aromatic rings. The summed E-state index contributed by atoms with van der Waals surface area (Å²) in [5, 5.41) is 4.15. The first kappa shape index (κ1) is 14.8. The quantitative estimate of drug-likeness (QED) is 0.834. The molecule has 1 saturated carbocycles. The van der Waals surface area contributed by atoms with Crippen LogP contribution in [0.5, 0.6) is 0 Å². The monoisotopic (exact) mass is 283 g/mol. The zero-order chi connectivity index (χ0) is 13.9. The van der Waals surface area contributed by atoms with Gasteiger partial charge in [0.25, 0.3) is 0 Å². The lowest BCUT2D eigenvalue weighted by atomic mass is 9.78. The summed E-state index contributed by atoms with van der Waals surface area (Å²) < 4.78 is 13.1. The van der Waals surface area contributed by atoms with E-state index in [1.54, 1.807) is 0 Å². The summed E-state index contributed by atoms with van der Waals surface area (Å²) in [6, 6.07) is 5.15. The van der Waals surface area contributed by atoms with Crippen molar-refractivity contribution >= 4 is 11.6 Å². The lowest BCUT2D eigenvalue weighted by Gasteiger charge is -2.35. The van der Waals surface area contributed by atoms with Gasteiger partial charge in [0.1, 0.15) is 5.82 Å². The van der Waals surface area contributed by atoms with E-state index in [4.69, 9.17) is 11.6 Å². The smallest absolute Gasteiger partial charge is 0.124 e. The van der Waals surface area contributed by atoms with E-state index in [1.165, 1.54) is 37.8 Å². The number of likely N-dealkylation sites (N-methyl/N-ethyl adjacent to an activating group) is 1. The van der Waals surface area contributed by atoms with Crippen molar-refractivity contribution < 1.29 is 4.39 Å². The van der Waals surface area contributed by atoms with Crippen LogP contribution in [0.25, 0.3) is 0 Å². The maximum atomic E-state index is 13.1. The van der Waals surface area contributed by atoms with Gasteiger partial charge in [0.05, 0.1) is 0 Å². The van der Waals surface area contributed by atoms with Gasteiger partial charge in [-0.25, -0.2) is 4.39 Å². The number of benzene rings is 1. The zero-order valence-corrected chi connectivity index (χ0v) is 12.6. The maximum absolute atomic E-state index is 13.1. The largest absolute Gasteiger partial charge is 0.313 e. The molecule has 1 unspecified atom stereocenters. The average molecular weight is 284 g/mol. The molecule has 1 N–H and O–H groups in total. The standard InChI is InChI=1S/C16H23ClFN/c1-3-19-15(16(2)8-4-5-9-16)10-12-6-7-13(18)11-14(12)17/h6-7,11,15,19H,3-5,8-10H2,1-2H3. The first-order valence-corrected chi connectivity index (χ1v) is 7.60. The van der Waals surface area contributed by atoms with E-state index in [0.29, 0.717) is 16.5 Å². The van der Waals surface area contributed by atoms with E-state index in [2.05, 4.69) is 19.2 Å². The van der Waals surface area contributed by atoms with Gasteiger partial charge >= 0.3 is 0 Å². The lowest BCUT2D eigenvalue weighted by Crippen LogP contribution is -2.43. The summed E-state index contributed by atoms with van der Waals surface area (Å²) in [6.45, 7) is 5.46. The second kappa shape index (κ2) is 6.23. The minimum absolute atomic E-state index is 0.263. The highest BCUT2D eigenvalue weighted by atomic mass is 35.5. The van der Waals surface area contributed by atoms with Crippen LogP contribution < -0.4 is 5.32 Å². The van der Waals surface area contributed by atoms with Crippen LogP contribution in [-0.2, 0) is 6.42 Å². The minimum atomic E-state index is -0.263. The second-order valence-corrected chi connectivity index (χ2v) is 6.32. The predicted octanol–water partition coefficient (Wildman–Crippen LogP) is 4.58. The van der Waals surface area contributed by atoms with Crippen LogP contribution in [0.4, 0.5) is 4.39 Å². The Morgan fingerprint density at radius 3 is 2.63 bits per heavy atom. The molecule has 0 aromatic heterocycles. The molecule has 0 amide bonds. The SMILES string of the molecule is CCNC(Cc1ccc(F)cc1Cl)C1(C)CCCC1. The molecular formula is C16H23ClFN. The molecular weight excluding hydrogens is 261 g/mol. The molecule has 1 atom stereocenters. The molecule has 19 heavy (non-hydrogen) atoms. The summed E-state index contributed by atoms with van der Waals surface area (Å²) in [5.74, 6) is -0.263. The summed E-state index contributed by atoms with van der Waals surface area (Å²) in [6.07, 6.45) is 6.04. The van der Waals surface area contributed by atoms with E-state index in [1.807, 2.05) is 6.07 Å². The highest BCUT2D eigenvalue weighted by Crippen LogP contribution is 2.42. The van der Waals surface area contributed by atoms with Crippen LogP contribution >= 0.6 is 11.6 Å². The fourth-order valence-corrected chi connectivity index (χ4v) is 3.49. The molecule has 0 radical (unpaired) electrons. The van der Waals surface area contributed by atoms with Crippen molar-refractivity contribution in [3.63, 3.8) is 0 Å². The summed E-state index contributed by atoms with van der Waals surface area (Å²) >= 11 is 6.16. The van der Waals surface area contributed by atoms with Crippen molar-refractivity contribution in [1.29, 1.82) is 0 Å². The molecule has 106 valence electrons. The van der Waals surface area contributed by atoms with Gasteiger partial charge in [-0.3, -0.25) is 0 Å². The molecule has 0 heterocycles. The first-order valence-electron chi connectivity index (χ1n) is 7.22. The van der Waals surface area contributed by atoms with Crippen LogP contribution in [-0.4, -0.2) is 12.6 Å². The number of rotatable bonds is 5. The number of halogens is 2. The molecule has 1 fully saturated rings. The molecule has 1 nitrogen and oxygen atoms in total. The number of hydrogen-bond acceptors (Lipinski definition) is 1. The van der Waals surface area contributed by atoms with Gasteiger partial charge in [-0.05, 0) is 48.9 Å². The topological polar surface area (TPSA) is 12.0 Å². The summed E-state index contributed by atoms with van der Waals surface area (Å²) in [4.78, 5) is 0. The molecule has 1 aromatic carbocycles. The molecule has 0 bridgehead atoms. The lowest BCUT2D eigenvalue weighted by molar-refractivity contribution is 0.222. The number of hydrogen-bond donors (Lipinski definition) is 1. The third kappa shape index (κ3) is 3.49. The Labute approximate surface area is 120 Å². The first-order chi connectivity index (χ1) is 9.05. The van der Waals surface area contributed by atoms with E-state index in [9.17, 15) is 4.39 Å². The highest BCUT2D eigenvalue weighted by molar-refractivity contribution is 6.31. The Hall–Kier alpha value is -0.600. The fraction of sp³-hybridized carbons (Fsp3) is 0.625. The minimum Gasteiger partial charge on any atom is -0.313 e. The van der Waals surface area contributed by atoms with Crippen LogP contribution in [0.3, 0.4) is 0 Å². The third-order valence-corrected chi connectivity index (χ3v) is 4.83. The normalized spacial score (nSPS) is 19.6. The van der Waals surface area contributed by atoms with Gasteiger partial charge in [-0.2, -0.15) is 0 Å². The Balaban J connectivity index is 2.16. The van der Waals surface area contributed by atoms with Crippen molar-refractivity contribution in [2.24, 2.45) is 5.41 Å². The van der Waals surface area contributed by atoms with Crippen LogP contribution in [0, 0.1) is 11.2 Å². The molecule has 1 aliphatic rings. The number of nitrogens with one attached hydrogen (secondary N) is 1. The molecule has 0 saturated heterocycles. The Kier molecular flexibility index (Phi) is 4.86. The van der Waals surface area contributed by atoms with Crippen molar-refractivity contribution in [2.75, 3.05) is 6.54 Å².